The molecule has 0 radical (unpaired) electrons. The van der Waals surface area contributed by atoms with Crippen molar-refractivity contribution in [2.45, 2.75) is 84.3 Å². The first-order valence-corrected chi connectivity index (χ1v) is 12.7. The van der Waals surface area contributed by atoms with Crippen LogP contribution in [-0.2, 0) is 31.1 Å². The quantitative estimate of drug-likeness (QED) is 0.368. The van der Waals surface area contributed by atoms with Gasteiger partial charge in [-0.3, -0.25) is 4.79 Å². The number of hydrogen-bond donors (Lipinski definition) is 4. The van der Waals surface area contributed by atoms with Gasteiger partial charge in [-0.15, -0.1) is 0 Å². The molecule has 0 aromatic heterocycles. The molecule has 5 atom stereocenters. The first-order chi connectivity index (χ1) is 17.8. The normalized spacial score (nSPS) is 23.6. The molecule has 2 amide bonds. The summed E-state index contributed by atoms with van der Waals surface area (Å²) in [5.74, 6) is -1.28. The van der Waals surface area contributed by atoms with E-state index in [-0.39, 0.29) is 18.3 Å². The lowest BCUT2D eigenvalue weighted by Gasteiger charge is -2.39. The molecular formula is C27H42N2O10. The zero-order chi connectivity index (χ0) is 29.9. The molecule has 0 unspecified atom stereocenters. The van der Waals surface area contributed by atoms with Gasteiger partial charge in [0, 0.05) is 38.2 Å². The lowest BCUT2D eigenvalue weighted by atomic mass is 9.85. The fourth-order valence-electron chi connectivity index (χ4n) is 3.95. The number of aliphatic hydroxyl groups is 3. The average Bonchev–Trinajstić information content (AvgIpc) is 2.84. The molecule has 4 N–H and O–H groups in total. The highest BCUT2D eigenvalue weighted by atomic mass is 16.7. The van der Waals surface area contributed by atoms with E-state index in [0.29, 0.717) is 24.2 Å². The Morgan fingerprint density at radius 1 is 0.923 bits per heavy atom. The molecule has 1 aliphatic rings. The first-order valence-electron chi connectivity index (χ1n) is 12.7. The van der Waals surface area contributed by atoms with Gasteiger partial charge in [0.25, 0.3) is 0 Å². The Kier molecular flexibility index (Phi) is 10.3. The minimum atomic E-state index is -1.82. The summed E-state index contributed by atoms with van der Waals surface area (Å²) in [6, 6.07) is 4.97. The van der Waals surface area contributed by atoms with Crippen molar-refractivity contribution >= 4 is 18.0 Å². The molecule has 1 aliphatic heterocycles. The van der Waals surface area contributed by atoms with E-state index in [1.807, 2.05) is 41.5 Å². The molecule has 1 aromatic rings. The largest absolute Gasteiger partial charge is 0.479 e. The standard InChI is InChI=1S/C27H42N2O10/c1-26(2,3)16-13-15(14-37-25(36)29(8)12-11-28(7)24(35)27(4,5)6)9-10-17(16)38-23-20(32)18(30)19(31)21(39-23)22(33)34/h9-10,13,18-21,23,30-32H,11-12,14H2,1-8H3,(H,33,34)/t18-,19-,20+,21-,23+/m0/s1. The van der Waals surface area contributed by atoms with Crippen molar-refractivity contribution in [3.05, 3.63) is 29.3 Å². The van der Waals surface area contributed by atoms with Crippen molar-refractivity contribution in [2.24, 2.45) is 5.41 Å². The molecule has 1 heterocycles. The molecule has 0 saturated carbocycles. The van der Waals surface area contributed by atoms with E-state index in [1.165, 1.54) is 4.90 Å². The van der Waals surface area contributed by atoms with Gasteiger partial charge in [-0.1, -0.05) is 47.6 Å². The van der Waals surface area contributed by atoms with Crippen LogP contribution in [0, 0.1) is 5.41 Å². The number of likely N-dealkylation sites (N-methyl/N-ethyl adjacent to an activating group) is 2. The molecule has 2 rings (SSSR count). The number of carbonyl (C=O) groups is 3. The van der Waals surface area contributed by atoms with Crippen LogP contribution < -0.4 is 4.74 Å². The van der Waals surface area contributed by atoms with Gasteiger partial charge in [0.1, 0.15) is 30.7 Å². The van der Waals surface area contributed by atoms with E-state index in [0.717, 1.165) is 0 Å². The van der Waals surface area contributed by atoms with Gasteiger partial charge in [-0.05, 0) is 23.1 Å². The van der Waals surface area contributed by atoms with Crippen LogP contribution in [-0.4, -0.2) is 106 Å². The van der Waals surface area contributed by atoms with E-state index in [1.54, 1.807) is 37.2 Å². The summed E-state index contributed by atoms with van der Waals surface area (Å²) in [6.07, 6.45) is -9.20. The Balaban J connectivity index is 2.09. The lowest BCUT2D eigenvalue weighted by molar-refractivity contribution is -0.271. The van der Waals surface area contributed by atoms with Crippen molar-refractivity contribution < 1.29 is 49.0 Å². The van der Waals surface area contributed by atoms with Crippen molar-refractivity contribution in [1.82, 2.24) is 9.80 Å². The van der Waals surface area contributed by atoms with Gasteiger partial charge in [0.15, 0.2) is 6.10 Å². The zero-order valence-corrected chi connectivity index (χ0v) is 23.9. The molecule has 0 bridgehead atoms. The second-order valence-electron chi connectivity index (χ2n) is 11.9. The Morgan fingerprint density at radius 2 is 1.51 bits per heavy atom. The number of aliphatic hydroxyl groups excluding tert-OH is 3. The van der Waals surface area contributed by atoms with Crippen LogP contribution in [0.2, 0.25) is 0 Å². The molecule has 220 valence electrons. The Hall–Kier alpha value is -2.93. The van der Waals surface area contributed by atoms with Gasteiger partial charge in [0.2, 0.25) is 12.2 Å². The monoisotopic (exact) mass is 554 g/mol. The summed E-state index contributed by atoms with van der Waals surface area (Å²) in [4.78, 5) is 39.2. The summed E-state index contributed by atoms with van der Waals surface area (Å²) >= 11 is 0. The third-order valence-electron chi connectivity index (χ3n) is 6.34. The molecule has 12 nitrogen and oxygen atoms in total. The summed E-state index contributed by atoms with van der Waals surface area (Å²) in [6.45, 7) is 11.8. The maximum absolute atomic E-state index is 12.5. The van der Waals surface area contributed by atoms with Crippen molar-refractivity contribution in [3.8, 4) is 5.75 Å². The van der Waals surface area contributed by atoms with Gasteiger partial charge in [-0.25, -0.2) is 9.59 Å². The van der Waals surface area contributed by atoms with Crippen LogP contribution in [0.4, 0.5) is 4.79 Å². The van der Waals surface area contributed by atoms with Crippen LogP contribution >= 0.6 is 0 Å². The van der Waals surface area contributed by atoms with Crippen LogP contribution in [0.15, 0.2) is 18.2 Å². The molecule has 12 heteroatoms. The van der Waals surface area contributed by atoms with Crippen molar-refractivity contribution in [3.63, 3.8) is 0 Å². The predicted molar refractivity (Wildman–Crippen MR) is 140 cm³/mol. The van der Waals surface area contributed by atoms with Gasteiger partial charge < -0.3 is 44.4 Å². The molecule has 1 aromatic carbocycles. The number of carbonyl (C=O) groups excluding carboxylic acids is 2. The second kappa shape index (κ2) is 12.5. The number of carboxylic acid groups (broad SMARTS) is 1. The summed E-state index contributed by atoms with van der Waals surface area (Å²) in [5.41, 5.74) is 0.294. The number of ether oxygens (including phenoxy) is 3. The number of rotatable bonds is 8. The number of nitrogens with zero attached hydrogens (tertiary/aromatic N) is 2. The smallest absolute Gasteiger partial charge is 0.409 e. The van der Waals surface area contributed by atoms with E-state index in [4.69, 9.17) is 14.2 Å². The minimum absolute atomic E-state index is 0.0309. The van der Waals surface area contributed by atoms with E-state index in [9.17, 15) is 34.8 Å². The average molecular weight is 555 g/mol. The predicted octanol–water partition coefficient (Wildman–Crippen LogP) is 1.33. The van der Waals surface area contributed by atoms with E-state index in [2.05, 4.69) is 0 Å². The topological polar surface area (TPSA) is 166 Å². The number of carboxylic acids is 1. The number of hydrogen-bond acceptors (Lipinski definition) is 9. The fourth-order valence-corrected chi connectivity index (χ4v) is 3.95. The third kappa shape index (κ3) is 8.28. The van der Waals surface area contributed by atoms with Crippen molar-refractivity contribution in [1.29, 1.82) is 0 Å². The van der Waals surface area contributed by atoms with Gasteiger partial charge >= 0.3 is 12.1 Å². The second-order valence-corrected chi connectivity index (χ2v) is 11.9. The highest BCUT2D eigenvalue weighted by Crippen LogP contribution is 2.35. The minimum Gasteiger partial charge on any atom is -0.479 e. The van der Waals surface area contributed by atoms with Gasteiger partial charge in [-0.2, -0.15) is 0 Å². The molecule has 0 spiro atoms. The molecular weight excluding hydrogens is 512 g/mol. The maximum atomic E-state index is 12.5. The first kappa shape index (κ1) is 32.3. The Labute approximate surface area is 229 Å². The fraction of sp³-hybridized carbons (Fsp3) is 0.667. The van der Waals surface area contributed by atoms with Crippen molar-refractivity contribution in [2.75, 3.05) is 27.2 Å². The van der Waals surface area contributed by atoms with E-state index >= 15 is 0 Å². The third-order valence-corrected chi connectivity index (χ3v) is 6.34. The highest BCUT2D eigenvalue weighted by molar-refractivity contribution is 5.81. The zero-order valence-electron chi connectivity index (χ0n) is 23.9. The lowest BCUT2D eigenvalue weighted by Crippen LogP contribution is -2.61. The highest BCUT2D eigenvalue weighted by Gasteiger charge is 2.48. The van der Waals surface area contributed by atoms with Crippen LogP contribution in [0.3, 0.4) is 0 Å². The van der Waals surface area contributed by atoms with E-state index < -0.39 is 53.6 Å². The Morgan fingerprint density at radius 3 is 2.05 bits per heavy atom. The molecule has 0 aliphatic carbocycles. The Bertz CT molecular complexity index is 1030. The molecule has 1 fully saturated rings. The summed E-state index contributed by atoms with van der Waals surface area (Å²) < 4.78 is 16.5. The number of amides is 2. The summed E-state index contributed by atoms with van der Waals surface area (Å²) in [7, 11) is 3.27. The molecule has 39 heavy (non-hydrogen) atoms. The summed E-state index contributed by atoms with van der Waals surface area (Å²) in [5, 5.41) is 39.6. The maximum Gasteiger partial charge on any atom is 0.409 e. The van der Waals surface area contributed by atoms with Gasteiger partial charge in [0.05, 0.1) is 0 Å². The van der Waals surface area contributed by atoms with Crippen LogP contribution in [0.1, 0.15) is 52.7 Å². The SMILES string of the molecule is CN(CCN(C)C(=O)C(C)(C)C)C(=O)OCc1ccc(O[C@@H]2O[C@H](C(=O)O)[C@@H](O)[C@H](O)[C@H]2O)c(C(C)(C)C)c1. The number of aliphatic carboxylic acids is 1. The number of benzene rings is 1. The van der Waals surface area contributed by atoms with Crippen LogP contribution in [0.25, 0.3) is 0 Å². The van der Waals surface area contributed by atoms with Crippen LogP contribution in [0.5, 0.6) is 5.75 Å². The molecule has 1 saturated heterocycles.